The highest BCUT2D eigenvalue weighted by Gasteiger charge is 2.26. The Hall–Kier alpha value is -4.34. The van der Waals surface area contributed by atoms with E-state index in [-0.39, 0.29) is 22.0 Å². The first kappa shape index (κ1) is 22.1. The molecule has 3 heterocycles. The Labute approximate surface area is 213 Å². The molecule has 0 aliphatic heterocycles. The minimum Gasteiger partial charge on any atom is -0.505 e. The molecule has 9 heteroatoms. The number of carbonyl (C=O) groups excluding carboxylic acids is 1. The van der Waals surface area contributed by atoms with E-state index in [1.165, 1.54) is 11.3 Å². The number of hydrogen-bond acceptors (Lipinski definition) is 9. The van der Waals surface area contributed by atoms with Crippen LogP contribution in [0.2, 0.25) is 0 Å². The Kier molecular flexibility index (Phi) is 5.76. The van der Waals surface area contributed by atoms with Gasteiger partial charge in [0.15, 0.2) is 4.83 Å². The monoisotopic (exact) mass is 508 g/mol. The molecule has 0 spiro atoms. The van der Waals surface area contributed by atoms with Crippen LogP contribution in [0.25, 0.3) is 43.4 Å². The lowest BCUT2D eigenvalue weighted by Gasteiger charge is -2.10. The molecule has 0 fully saturated rings. The van der Waals surface area contributed by atoms with Gasteiger partial charge in [-0.15, -0.1) is 31.7 Å². The first-order valence-corrected chi connectivity index (χ1v) is 12.6. The lowest BCUT2D eigenvalue weighted by Crippen LogP contribution is -1.93. The summed E-state index contributed by atoms with van der Waals surface area (Å²) in [4.78, 5) is 13.4. The Morgan fingerprint density at radius 2 is 1.42 bits per heavy atom. The normalized spacial score (nSPS) is 11.1. The van der Waals surface area contributed by atoms with Crippen LogP contribution in [-0.2, 0) is 0 Å². The predicted molar refractivity (Wildman–Crippen MR) is 140 cm³/mol. The number of thioether (sulfide) groups is 1. The van der Waals surface area contributed by atoms with E-state index in [0.717, 1.165) is 28.5 Å². The molecule has 6 rings (SSSR count). The summed E-state index contributed by atoms with van der Waals surface area (Å²) in [6.07, 6.45) is 0. The van der Waals surface area contributed by atoms with Crippen molar-refractivity contribution >= 4 is 38.4 Å². The molecule has 174 valence electrons. The summed E-state index contributed by atoms with van der Waals surface area (Å²) in [7, 11) is 0. The molecule has 0 atom stereocenters. The predicted octanol–water partition coefficient (Wildman–Crippen LogP) is 6.71. The van der Waals surface area contributed by atoms with Gasteiger partial charge in [0.2, 0.25) is 5.12 Å². The molecule has 3 aromatic heterocycles. The Bertz CT molecular complexity index is 1680. The third-order valence-corrected chi connectivity index (χ3v) is 7.30. The summed E-state index contributed by atoms with van der Waals surface area (Å²) in [6.45, 7) is 0. The zero-order valence-electron chi connectivity index (χ0n) is 18.5. The van der Waals surface area contributed by atoms with Crippen molar-refractivity contribution in [1.82, 2.24) is 20.4 Å². The van der Waals surface area contributed by atoms with Crippen LogP contribution >= 0.6 is 23.1 Å². The van der Waals surface area contributed by atoms with E-state index in [9.17, 15) is 9.90 Å². The number of rotatable bonds is 5. The maximum atomic E-state index is 12.5. The summed E-state index contributed by atoms with van der Waals surface area (Å²) in [6, 6.07) is 28.3. The Morgan fingerprint density at radius 3 is 2.11 bits per heavy atom. The molecule has 0 bridgehead atoms. The largest absolute Gasteiger partial charge is 0.505 e. The van der Waals surface area contributed by atoms with E-state index >= 15 is 0 Å². The third-order valence-electron chi connectivity index (χ3n) is 5.49. The second kappa shape index (κ2) is 9.37. The Morgan fingerprint density at radius 1 is 0.778 bits per heavy atom. The fourth-order valence-corrected chi connectivity index (χ4v) is 5.41. The first-order chi connectivity index (χ1) is 17.7. The van der Waals surface area contributed by atoms with E-state index < -0.39 is 0 Å². The fraction of sp³-hybridized carbons (Fsp3) is 0. The van der Waals surface area contributed by atoms with Crippen LogP contribution in [0.3, 0.4) is 0 Å². The summed E-state index contributed by atoms with van der Waals surface area (Å²) >= 11 is 2.04. The van der Waals surface area contributed by atoms with E-state index in [0.29, 0.717) is 26.4 Å². The lowest BCUT2D eigenvalue weighted by molar-refractivity contribution is 0.108. The van der Waals surface area contributed by atoms with Crippen molar-refractivity contribution in [1.29, 1.82) is 0 Å². The second-order valence-corrected chi connectivity index (χ2v) is 9.67. The number of aromatic hydroxyl groups is 1. The van der Waals surface area contributed by atoms with E-state index in [2.05, 4.69) is 20.4 Å². The number of aromatic nitrogens is 4. The molecule has 0 amide bonds. The molecule has 6 aromatic rings. The van der Waals surface area contributed by atoms with Gasteiger partial charge < -0.3 is 9.52 Å². The van der Waals surface area contributed by atoms with Crippen LogP contribution in [0.1, 0.15) is 10.4 Å². The summed E-state index contributed by atoms with van der Waals surface area (Å²) in [5.41, 5.74) is 3.73. The topological polar surface area (TPSA) is 102 Å². The van der Waals surface area contributed by atoms with Crippen LogP contribution in [0.5, 0.6) is 5.75 Å². The second-order valence-electron chi connectivity index (χ2n) is 7.74. The summed E-state index contributed by atoms with van der Waals surface area (Å²) < 4.78 is 5.75. The zero-order valence-corrected chi connectivity index (χ0v) is 20.2. The van der Waals surface area contributed by atoms with Crippen molar-refractivity contribution < 1.29 is 14.3 Å². The molecule has 0 unspecified atom stereocenters. The number of thiophene rings is 1. The lowest BCUT2D eigenvalue weighted by atomic mass is 9.97. The van der Waals surface area contributed by atoms with Gasteiger partial charge >= 0.3 is 0 Å². The van der Waals surface area contributed by atoms with Crippen molar-refractivity contribution in [2.24, 2.45) is 0 Å². The van der Waals surface area contributed by atoms with Crippen LogP contribution in [0, 0.1) is 0 Å². The van der Waals surface area contributed by atoms with Crippen molar-refractivity contribution in [3.8, 4) is 38.9 Å². The van der Waals surface area contributed by atoms with Gasteiger partial charge in [0, 0.05) is 28.5 Å². The standard InChI is InChI=1S/C27H16N4O3S2/c32-22-20-19(16-10-4-1-5-11-16)21(17-12-6-2-7-13-17)28-30-25(20)35-23(22)24-29-31-27(34-24)36-26(33)18-14-8-3-9-15-18/h1-15,32H. The van der Waals surface area contributed by atoms with Gasteiger partial charge in [0.25, 0.3) is 11.1 Å². The maximum absolute atomic E-state index is 12.5. The third kappa shape index (κ3) is 4.04. The molecule has 0 saturated heterocycles. The van der Waals surface area contributed by atoms with E-state index in [4.69, 9.17) is 4.42 Å². The molecule has 0 aliphatic rings. The summed E-state index contributed by atoms with van der Waals surface area (Å²) in [5.74, 6) is 0.0923. The summed E-state index contributed by atoms with van der Waals surface area (Å²) in [5, 5.41) is 28.8. The smallest absolute Gasteiger partial charge is 0.284 e. The minimum absolute atomic E-state index is 0.0180. The van der Waals surface area contributed by atoms with Crippen LogP contribution < -0.4 is 0 Å². The molecule has 0 radical (unpaired) electrons. The van der Waals surface area contributed by atoms with Crippen molar-refractivity contribution in [3.05, 3.63) is 96.6 Å². The zero-order chi connectivity index (χ0) is 24.5. The van der Waals surface area contributed by atoms with Gasteiger partial charge in [-0.05, 0) is 5.56 Å². The number of nitrogens with zero attached hydrogens (tertiary/aromatic N) is 4. The molecular weight excluding hydrogens is 492 g/mol. The Balaban J connectivity index is 1.45. The van der Waals surface area contributed by atoms with Crippen LogP contribution in [0.15, 0.2) is 101 Å². The highest BCUT2D eigenvalue weighted by molar-refractivity contribution is 8.14. The molecule has 0 saturated carbocycles. The van der Waals surface area contributed by atoms with E-state index in [1.807, 2.05) is 66.7 Å². The SMILES string of the molecule is O=C(Sc1nnc(-c2sc3nnc(-c4ccccc4)c(-c4ccccc4)c3c2O)o1)c1ccccc1. The van der Waals surface area contributed by atoms with Gasteiger partial charge in [-0.25, -0.2) is 0 Å². The van der Waals surface area contributed by atoms with Crippen molar-refractivity contribution in [2.45, 2.75) is 5.22 Å². The van der Waals surface area contributed by atoms with Crippen LogP contribution in [0.4, 0.5) is 0 Å². The number of benzene rings is 3. The first-order valence-electron chi connectivity index (χ1n) is 10.9. The average molecular weight is 509 g/mol. The number of fused-ring (bicyclic) bond motifs is 1. The van der Waals surface area contributed by atoms with Crippen molar-refractivity contribution in [3.63, 3.8) is 0 Å². The molecule has 0 aliphatic carbocycles. The van der Waals surface area contributed by atoms with Gasteiger partial charge in [0.1, 0.15) is 16.3 Å². The van der Waals surface area contributed by atoms with E-state index in [1.54, 1.807) is 24.3 Å². The number of carbonyl (C=O) groups is 1. The fourth-order valence-electron chi connectivity index (χ4n) is 3.85. The molecule has 1 N–H and O–H groups in total. The number of hydrogen-bond donors (Lipinski definition) is 1. The average Bonchev–Trinajstić information content (AvgIpc) is 3.53. The molecule has 3 aromatic carbocycles. The molecule has 7 nitrogen and oxygen atoms in total. The van der Waals surface area contributed by atoms with Gasteiger partial charge in [-0.1, -0.05) is 91.0 Å². The van der Waals surface area contributed by atoms with Gasteiger partial charge in [-0.3, -0.25) is 4.79 Å². The molecular formula is C27H16N4O3S2. The minimum atomic E-state index is -0.212. The quantitative estimate of drug-likeness (QED) is 0.256. The molecule has 36 heavy (non-hydrogen) atoms. The van der Waals surface area contributed by atoms with Crippen LogP contribution in [-0.4, -0.2) is 30.6 Å². The van der Waals surface area contributed by atoms with Gasteiger partial charge in [-0.2, -0.15) is 0 Å². The van der Waals surface area contributed by atoms with Gasteiger partial charge in [0.05, 0.1) is 5.39 Å². The maximum Gasteiger partial charge on any atom is 0.284 e. The highest BCUT2D eigenvalue weighted by atomic mass is 32.2. The highest BCUT2D eigenvalue weighted by Crippen LogP contribution is 2.48. The van der Waals surface area contributed by atoms with Crippen molar-refractivity contribution in [2.75, 3.05) is 0 Å².